The van der Waals surface area contributed by atoms with Gasteiger partial charge in [0.25, 0.3) is 0 Å². The van der Waals surface area contributed by atoms with Crippen LogP contribution in [0.4, 0.5) is 0 Å². The van der Waals surface area contributed by atoms with E-state index in [9.17, 15) is 0 Å². The van der Waals surface area contributed by atoms with E-state index in [4.69, 9.17) is 4.52 Å². The van der Waals surface area contributed by atoms with Gasteiger partial charge < -0.3 is 9.84 Å². The molecule has 1 atom stereocenters. The van der Waals surface area contributed by atoms with E-state index >= 15 is 0 Å². The van der Waals surface area contributed by atoms with Crippen molar-refractivity contribution in [2.75, 3.05) is 18.1 Å². The van der Waals surface area contributed by atoms with Crippen molar-refractivity contribution in [2.45, 2.75) is 45.1 Å². The molecule has 2 heterocycles. The number of rotatable bonds is 5. The zero-order valence-electron chi connectivity index (χ0n) is 10.9. The fraction of sp³-hybridized carbons (Fsp3) is 0.833. The first-order valence-corrected chi connectivity index (χ1v) is 7.69. The van der Waals surface area contributed by atoms with Gasteiger partial charge in [0.15, 0.2) is 5.82 Å². The molecule has 0 amide bonds. The highest BCUT2D eigenvalue weighted by molar-refractivity contribution is 7.99. The largest absolute Gasteiger partial charge is 0.339 e. The second kappa shape index (κ2) is 8.77. The third-order valence-corrected chi connectivity index (χ3v) is 3.92. The number of nitrogens with one attached hydrogen (secondary N) is 1. The fourth-order valence-electron chi connectivity index (χ4n) is 2.06. The van der Waals surface area contributed by atoms with Gasteiger partial charge in [-0.15, -0.1) is 12.4 Å². The Morgan fingerprint density at radius 1 is 1.39 bits per heavy atom. The highest BCUT2D eigenvalue weighted by Gasteiger charge is 2.19. The Bertz CT molecular complexity index is 327. The van der Waals surface area contributed by atoms with Crippen molar-refractivity contribution < 1.29 is 4.52 Å². The van der Waals surface area contributed by atoms with Crippen LogP contribution in [0.25, 0.3) is 0 Å². The molecule has 1 fully saturated rings. The lowest BCUT2D eigenvalue weighted by atomic mass is 10.1. The van der Waals surface area contributed by atoms with E-state index in [1.165, 1.54) is 19.3 Å². The van der Waals surface area contributed by atoms with Crippen molar-refractivity contribution in [2.24, 2.45) is 0 Å². The van der Waals surface area contributed by atoms with Gasteiger partial charge in [-0.1, -0.05) is 24.9 Å². The molecule has 1 aliphatic rings. The topological polar surface area (TPSA) is 51.0 Å². The molecule has 0 saturated carbocycles. The Hall–Kier alpha value is -0.260. The summed E-state index contributed by atoms with van der Waals surface area (Å²) in [5.41, 5.74) is 0. The van der Waals surface area contributed by atoms with E-state index in [1.54, 1.807) is 0 Å². The van der Waals surface area contributed by atoms with Crippen LogP contribution in [0.1, 0.15) is 50.4 Å². The summed E-state index contributed by atoms with van der Waals surface area (Å²) in [7, 11) is 0. The zero-order chi connectivity index (χ0) is 11.9. The summed E-state index contributed by atoms with van der Waals surface area (Å²) in [4.78, 5) is 4.49. The monoisotopic (exact) mass is 291 g/mol. The minimum atomic E-state index is 0. The predicted molar refractivity (Wildman–Crippen MR) is 77.5 cm³/mol. The molecule has 1 aliphatic heterocycles. The van der Waals surface area contributed by atoms with Gasteiger partial charge in [0.1, 0.15) is 0 Å². The van der Waals surface area contributed by atoms with Gasteiger partial charge in [-0.3, -0.25) is 0 Å². The summed E-state index contributed by atoms with van der Waals surface area (Å²) in [6.45, 7) is 3.24. The lowest BCUT2D eigenvalue weighted by Crippen LogP contribution is -2.21. The molecule has 0 spiro atoms. The van der Waals surface area contributed by atoms with Crippen molar-refractivity contribution >= 4 is 24.2 Å². The summed E-state index contributed by atoms with van der Waals surface area (Å²) in [5, 5.41) is 7.59. The van der Waals surface area contributed by atoms with Crippen LogP contribution >= 0.6 is 24.2 Å². The molecule has 0 aliphatic carbocycles. The van der Waals surface area contributed by atoms with Gasteiger partial charge in [0, 0.05) is 12.2 Å². The van der Waals surface area contributed by atoms with Crippen molar-refractivity contribution in [3.8, 4) is 0 Å². The SMILES string of the molecule is CCSCCc1nc(C2CCCCCN2)no1.Cl. The standard InChI is InChI=1S/C12H21N3OS.ClH/c1-2-17-9-7-11-14-12(15-16-11)10-6-4-3-5-8-13-10;/h10,13H,2-9H2,1H3;1H. The summed E-state index contributed by atoms with van der Waals surface area (Å²) in [6, 6.07) is 0.300. The second-order valence-corrected chi connectivity index (χ2v) is 5.74. The molecule has 6 heteroatoms. The van der Waals surface area contributed by atoms with Crippen molar-refractivity contribution in [3.05, 3.63) is 11.7 Å². The molecule has 0 radical (unpaired) electrons. The average Bonchev–Trinajstić information content (AvgIpc) is 2.64. The van der Waals surface area contributed by atoms with Gasteiger partial charge >= 0.3 is 0 Å². The smallest absolute Gasteiger partial charge is 0.227 e. The molecule has 1 aromatic heterocycles. The lowest BCUT2D eigenvalue weighted by molar-refractivity contribution is 0.367. The summed E-state index contributed by atoms with van der Waals surface area (Å²) in [6.07, 6.45) is 5.84. The molecule has 4 nitrogen and oxygen atoms in total. The van der Waals surface area contributed by atoms with Crippen molar-refractivity contribution in [1.82, 2.24) is 15.5 Å². The van der Waals surface area contributed by atoms with Crippen LogP contribution in [0.15, 0.2) is 4.52 Å². The Morgan fingerprint density at radius 2 is 2.28 bits per heavy atom. The van der Waals surface area contributed by atoms with E-state index < -0.39 is 0 Å². The number of hydrogen-bond donors (Lipinski definition) is 1. The van der Waals surface area contributed by atoms with Gasteiger partial charge in [-0.05, 0) is 25.1 Å². The van der Waals surface area contributed by atoms with Crippen LogP contribution in [0, 0.1) is 0 Å². The lowest BCUT2D eigenvalue weighted by Gasteiger charge is -2.09. The van der Waals surface area contributed by atoms with E-state index in [0.29, 0.717) is 6.04 Å². The first kappa shape index (κ1) is 15.8. The molecule has 1 N–H and O–H groups in total. The second-order valence-electron chi connectivity index (χ2n) is 4.35. The Morgan fingerprint density at radius 3 is 3.11 bits per heavy atom. The molecule has 1 unspecified atom stereocenters. The quantitative estimate of drug-likeness (QED) is 0.845. The summed E-state index contributed by atoms with van der Waals surface area (Å²) in [5.74, 6) is 3.84. The Labute approximate surface area is 119 Å². The van der Waals surface area contributed by atoms with Crippen molar-refractivity contribution in [1.29, 1.82) is 0 Å². The first-order valence-electron chi connectivity index (χ1n) is 6.53. The number of aromatic nitrogens is 2. The first-order chi connectivity index (χ1) is 8.40. The molecule has 1 saturated heterocycles. The Kier molecular flexibility index (Phi) is 7.70. The molecule has 1 aromatic rings. The van der Waals surface area contributed by atoms with E-state index in [-0.39, 0.29) is 12.4 Å². The van der Waals surface area contributed by atoms with Crippen LogP contribution in [0.5, 0.6) is 0 Å². The van der Waals surface area contributed by atoms with E-state index in [2.05, 4.69) is 22.4 Å². The van der Waals surface area contributed by atoms with Crippen LogP contribution in [0.2, 0.25) is 0 Å². The number of nitrogens with zero attached hydrogens (tertiary/aromatic N) is 2. The Balaban J connectivity index is 0.00000162. The molecule has 2 rings (SSSR count). The summed E-state index contributed by atoms with van der Waals surface area (Å²) >= 11 is 1.91. The average molecular weight is 292 g/mol. The van der Waals surface area contributed by atoms with E-state index in [0.717, 1.165) is 42.6 Å². The summed E-state index contributed by atoms with van der Waals surface area (Å²) < 4.78 is 5.29. The van der Waals surface area contributed by atoms with Crippen LogP contribution in [-0.2, 0) is 6.42 Å². The number of hydrogen-bond acceptors (Lipinski definition) is 5. The number of aryl methyl sites for hydroxylation is 1. The molecule has 0 aromatic carbocycles. The van der Waals surface area contributed by atoms with Crippen LogP contribution < -0.4 is 5.32 Å². The molecule has 104 valence electrons. The van der Waals surface area contributed by atoms with Crippen LogP contribution in [-0.4, -0.2) is 28.2 Å². The third kappa shape index (κ3) is 4.78. The molecule has 18 heavy (non-hydrogen) atoms. The minimum Gasteiger partial charge on any atom is -0.339 e. The van der Waals surface area contributed by atoms with E-state index in [1.807, 2.05) is 11.8 Å². The highest BCUT2D eigenvalue weighted by atomic mass is 35.5. The molecular formula is C12H22ClN3OS. The van der Waals surface area contributed by atoms with Crippen LogP contribution in [0.3, 0.4) is 0 Å². The predicted octanol–water partition coefficient (Wildman–Crippen LogP) is 2.99. The zero-order valence-corrected chi connectivity index (χ0v) is 12.5. The van der Waals surface area contributed by atoms with Gasteiger partial charge in [0.05, 0.1) is 6.04 Å². The van der Waals surface area contributed by atoms with Crippen molar-refractivity contribution in [3.63, 3.8) is 0 Å². The number of thioether (sulfide) groups is 1. The maximum Gasteiger partial charge on any atom is 0.227 e. The van der Waals surface area contributed by atoms with Gasteiger partial charge in [-0.2, -0.15) is 16.7 Å². The van der Waals surface area contributed by atoms with Gasteiger partial charge in [0.2, 0.25) is 5.89 Å². The molecule has 0 bridgehead atoms. The molecular weight excluding hydrogens is 270 g/mol. The normalized spacial score (nSPS) is 20.2. The van der Waals surface area contributed by atoms with Gasteiger partial charge in [-0.25, -0.2) is 0 Å². The minimum absolute atomic E-state index is 0. The maximum atomic E-state index is 5.29. The number of halogens is 1. The fourth-order valence-corrected chi connectivity index (χ4v) is 2.67. The third-order valence-electron chi connectivity index (χ3n) is 3.02. The highest BCUT2D eigenvalue weighted by Crippen LogP contribution is 2.20. The maximum absolute atomic E-state index is 5.29.